The molecule has 0 aromatic rings. The molecule has 0 aromatic heterocycles. The molecule has 2 atom stereocenters. The first-order valence-electron chi connectivity index (χ1n) is 2.72. The van der Waals surface area contributed by atoms with Crippen LogP contribution in [0.4, 0.5) is 4.39 Å². The molecule has 1 aliphatic rings. The molecule has 3 heteroatoms. The highest BCUT2D eigenvalue weighted by Crippen LogP contribution is 2.47. The normalized spacial score (nSPS) is 39.9. The summed E-state index contributed by atoms with van der Waals surface area (Å²) >= 11 is 0. The fourth-order valence-electron chi connectivity index (χ4n) is 0.817. The van der Waals surface area contributed by atoms with Gasteiger partial charge in [0.25, 0.3) is 0 Å². The Labute approximate surface area is 52.5 Å². The predicted octanol–water partition coefficient (Wildman–Crippen LogP) is 0.386. The van der Waals surface area contributed by atoms with Gasteiger partial charge in [-0.3, -0.25) is 4.79 Å². The minimum absolute atomic E-state index is 0.214. The summed E-state index contributed by atoms with van der Waals surface area (Å²) in [6.07, 6.45) is 1.36. The number of alkyl halides is 1. The molecule has 1 rings (SSSR count). The van der Waals surface area contributed by atoms with Crippen molar-refractivity contribution < 1.29 is 9.18 Å². The van der Waals surface area contributed by atoms with Gasteiger partial charge < -0.3 is 5.73 Å². The number of primary amides is 1. The lowest BCUT2D eigenvalue weighted by atomic mass is 10.3. The molecule has 9 heavy (non-hydrogen) atoms. The van der Waals surface area contributed by atoms with Gasteiger partial charge in [-0.05, 0) is 0 Å². The van der Waals surface area contributed by atoms with Crippen LogP contribution in [-0.4, -0.2) is 11.6 Å². The molecule has 0 aliphatic heterocycles. The zero-order chi connectivity index (χ0) is 7.07. The molecule has 1 aliphatic carbocycles. The van der Waals surface area contributed by atoms with Crippen LogP contribution in [0, 0.1) is 5.92 Å². The summed E-state index contributed by atoms with van der Waals surface area (Å²) in [6, 6.07) is 0. The largest absolute Gasteiger partial charge is 0.369 e. The molecule has 0 bridgehead atoms. The van der Waals surface area contributed by atoms with Gasteiger partial charge in [0.15, 0.2) is 0 Å². The minimum atomic E-state index is -1.48. The van der Waals surface area contributed by atoms with Crippen LogP contribution >= 0.6 is 0 Å². The van der Waals surface area contributed by atoms with Gasteiger partial charge in [0, 0.05) is 6.42 Å². The molecular weight excluding hydrogens is 121 g/mol. The summed E-state index contributed by atoms with van der Waals surface area (Å²) in [5.41, 5.74) is 3.34. The van der Waals surface area contributed by atoms with Crippen molar-refractivity contribution in [2.45, 2.75) is 12.1 Å². The van der Waals surface area contributed by atoms with Crippen LogP contribution in [0.2, 0.25) is 0 Å². The highest BCUT2D eigenvalue weighted by Gasteiger charge is 2.56. The van der Waals surface area contributed by atoms with Crippen LogP contribution in [0.5, 0.6) is 0 Å². The van der Waals surface area contributed by atoms with Gasteiger partial charge in [-0.2, -0.15) is 0 Å². The monoisotopic (exact) mass is 129 g/mol. The van der Waals surface area contributed by atoms with E-state index in [9.17, 15) is 9.18 Å². The SMILES string of the molecule is C=C[C@]1(F)C[C@@H]1C(N)=O. The van der Waals surface area contributed by atoms with Crippen LogP contribution in [0.3, 0.4) is 0 Å². The van der Waals surface area contributed by atoms with Crippen molar-refractivity contribution in [1.82, 2.24) is 0 Å². The first-order chi connectivity index (χ1) is 4.10. The fraction of sp³-hybridized carbons (Fsp3) is 0.500. The highest BCUT2D eigenvalue weighted by atomic mass is 19.1. The van der Waals surface area contributed by atoms with Crippen LogP contribution in [0.1, 0.15) is 6.42 Å². The van der Waals surface area contributed by atoms with Gasteiger partial charge in [0.1, 0.15) is 5.67 Å². The lowest BCUT2D eigenvalue weighted by molar-refractivity contribution is -0.119. The van der Waals surface area contributed by atoms with Crippen molar-refractivity contribution in [1.29, 1.82) is 0 Å². The Balaban J connectivity index is 2.57. The topological polar surface area (TPSA) is 43.1 Å². The van der Waals surface area contributed by atoms with Crippen molar-refractivity contribution in [3.8, 4) is 0 Å². The van der Waals surface area contributed by atoms with Gasteiger partial charge in [-0.15, -0.1) is 0 Å². The minimum Gasteiger partial charge on any atom is -0.369 e. The van der Waals surface area contributed by atoms with E-state index in [1.807, 2.05) is 0 Å². The number of amides is 1. The Morgan fingerprint density at radius 3 is 2.67 bits per heavy atom. The van der Waals surface area contributed by atoms with Gasteiger partial charge in [0.2, 0.25) is 5.91 Å². The molecule has 1 fully saturated rings. The first-order valence-corrected chi connectivity index (χ1v) is 2.72. The molecule has 2 N–H and O–H groups in total. The van der Waals surface area contributed by atoms with Gasteiger partial charge >= 0.3 is 0 Å². The fourth-order valence-corrected chi connectivity index (χ4v) is 0.817. The number of carbonyl (C=O) groups is 1. The van der Waals surface area contributed by atoms with Crippen molar-refractivity contribution in [3.63, 3.8) is 0 Å². The maximum atomic E-state index is 12.7. The van der Waals surface area contributed by atoms with Crippen molar-refractivity contribution in [2.24, 2.45) is 11.7 Å². The average molecular weight is 129 g/mol. The molecular formula is C6H8FNO. The Bertz CT molecular complexity index is 168. The smallest absolute Gasteiger partial charge is 0.224 e. The molecule has 0 aromatic carbocycles. The maximum absolute atomic E-state index is 12.7. The summed E-state index contributed by atoms with van der Waals surface area (Å²) in [5.74, 6) is -1.19. The van der Waals surface area contributed by atoms with E-state index in [1.165, 1.54) is 0 Å². The van der Waals surface area contributed by atoms with Crippen LogP contribution in [0.25, 0.3) is 0 Å². The van der Waals surface area contributed by atoms with E-state index in [0.717, 1.165) is 6.08 Å². The average Bonchev–Trinajstić information content (AvgIpc) is 2.44. The molecule has 2 nitrogen and oxygen atoms in total. The second-order valence-corrected chi connectivity index (χ2v) is 2.29. The zero-order valence-electron chi connectivity index (χ0n) is 4.93. The summed E-state index contributed by atoms with van der Waals surface area (Å²) in [4.78, 5) is 10.3. The van der Waals surface area contributed by atoms with E-state index in [1.54, 1.807) is 0 Å². The second-order valence-electron chi connectivity index (χ2n) is 2.29. The van der Waals surface area contributed by atoms with E-state index >= 15 is 0 Å². The number of halogens is 1. The van der Waals surface area contributed by atoms with Crippen LogP contribution in [-0.2, 0) is 4.79 Å². The Kier molecular flexibility index (Phi) is 1.08. The Morgan fingerprint density at radius 1 is 2.00 bits per heavy atom. The van der Waals surface area contributed by atoms with Crippen LogP contribution in [0.15, 0.2) is 12.7 Å². The lowest BCUT2D eigenvalue weighted by Crippen LogP contribution is -2.18. The van der Waals surface area contributed by atoms with Gasteiger partial charge in [-0.1, -0.05) is 12.7 Å². The molecule has 0 saturated heterocycles. The first kappa shape index (κ1) is 6.26. The second kappa shape index (κ2) is 1.56. The summed E-state index contributed by atoms with van der Waals surface area (Å²) in [7, 11) is 0. The lowest BCUT2D eigenvalue weighted by Gasteiger charge is -1.93. The third-order valence-corrected chi connectivity index (χ3v) is 1.62. The predicted molar refractivity (Wildman–Crippen MR) is 31.3 cm³/mol. The Hall–Kier alpha value is -0.860. The summed E-state index contributed by atoms with van der Waals surface area (Å²) in [6.45, 7) is 3.24. The van der Waals surface area contributed by atoms with Crippen molar-refractivity contribution >= 4 is 5.91 Å². The number of rotatable bonds is 2. The number of hydrogen-bond acceptors (Lipinski definition) is 1. The van der Waals surface area contributed by atoms with Crippen LogP contribution < -0.4 is 5.73 Å². The molecule has 1 saturated carbocycles. The van der Waals surface area contributed by atoms with E-state index in [2.05, 4.69) is 6.58 Å². The highest BCUT2D eigenvalue weighted by molar-refractivity contribution is 5.82. The third-order valence-electron chi connectivity index (χ3n) is 1.62. The molecule has 50 valence electrons. The molecule has 0 radical (unpaired) electrons. The quantitative estimate of drug-likeness (QED) is 0.538. The number of carbonyl (C=O) groups excluding carboxylic acids is 1. The summed E-state index contributed by atoms with van der Waals surface area (Å²) < 4.78 is 12.7. The van der Waals surface area contributed by atoms with Crippen molar-refractivity contribution in [2.75, 3.05) is 0 Å². The number of allylic oxidation sites excluding steroid dienone is 1. The summed E-state index contributed by atoms with van der Waals surface area (Å²) in [5, 5.41) is 0. The van der Waals surface area contributed by atoms with Gasteiger partial charge in [-0.25, -0.2) is 4.39 Å². The van der Waals surface area contributed by atoms with E-state index in [0.29, 0.717) is 0 Å². The van der Waals surface area contributed by atoms with E-state index in [-0.39, 0.29) is 6.42 Å². The molecule has 0 spiro atoms. The third kappa shape index (κ3) is 0.823. The standard InChI is InChI=1S/C6H8FNO/c1-2-6(7)3-4(6)5(8)9/h2,4H,1,3H2,(H2,8,9)/t4-,6+/m1/s1. The van der Waals surface area contributed by atoms with E-state index in [4.69, 9.17) is 5.73 Å². The van der Waals surface area contributed by atoms with E-state index < -0.39 is 17.5 Å². The number of nitrogens with two attached hydrogens (primary N) is 1. The zero-order valence-corrected chi connectivity index (χ0v) is 4.93. The molecule has 0 unspecified atom stereocenters. The number of hydrogen-bond donors (Lipinski definition) is 1. The molecule has 1 amide bonds. The maximum Gasteiger partial charge on any atom is 0.224 e. The Morgan fingerprint density at radius 2 is 2.56 bits per heavy atom. The van der Waals surface area contributed by atoms with Crippen molar-refractivity contribution in [3.05, 3.63) is 12.7 Å². The molecule has 0 heterocycles. The van der Waals surface area contributed by atoms with Gasteiger partial charge in [0.05, 0.1) is 5.92 Å².